The Labute approximate surface area is 158 Å². The van der Waals surface area contributed by atoms with Crippen molar-refractivity contribution in [2.45, 2.75) is 33.2 Å². The highest BCUT2D eigenvalue weighted by atomic mass is 16.5. The number of amides is 2. The van der Waals surface area contributed by atoms with Gasteiger partial charge in [0.05, 0.1) is 17.9 Å². The van der Waals surface area contributed by atoms with Crippen molar-refractivity contribution >= 4 is 23.5 Å². The monoisotopic (exact) mass is 368 g/mol. The Morgan fingerprint density at radius 1 is 0.889 bits per heavy atom. The van der Waals surface area contributed by atoms with Gasteiger partial charge in [-0.3, -0.25) is 9.59 Å². The zero-order chi connectivity index (χ0) is 20.0. The van der Waals surface area contributed by atoms with Crippen LogP contribution >= 0.6 is 0 Å². The summed E-state index contributed by atoms with van der Waals surface area (Å²) in [5.74, 6) is -1.08. The SMILES string of the molecule is CCOC(=O)c1ccccc1NC(=O)c1ccc(C(=O)NC(C)(C)C)cc1. The van der Waals surface area contributed by atoms with Crippen molar-refractivity contribution in [1.82, 2.24) is 5.32 Å². The van der Waals surface area contributed by atoms with Crippen molar-refractivity contribution in [2.75, 3.05) is 11.9 Å². The van der Waals surface area contributed by atoms with E-state index >= 15 is 0 Å². The molecule has 0 radical (unpaired) electrons. The molecule has 0 aromatic heterocycles. The zero-order valence-corrected chi connectivity index (χ0v) is 16.0. The normalized spacial score (nSPS) is 10.8. The Hall–Kier alpha value is -3.15. The van der Waals surface area contributed by atoms with Crippen molar-refractivity contribution < 1.29 is 19.1 Å². The lowest BCUT2D eigenvalue weighted by molar-refractivity contribution is 0.0527. The number of hydrogen-bond donors (Lipinski definition) is 2. The van der Waals surface area contributed by atoms with Gasteiger partial charge in [0.15, 0.2) is 0 Å². The molecule has 0 bridgehead atoms. The van der Waals surface area contributed by atoms with Crippen LogP contribution < -0.4 is 10.6 Å². The maximum absolute atomic E-state index is 12.5. The highest BCUT2D eigenvalue weighted by Crippen LogP contribution is 2.18. The Kier molecular flexibility index (Phi) is 6.34. The van der Waals surface area contributed by atoms with E-state index in [9.17, 15) is 14.4 Å². The van der Waals surface area contributed by atoms with Crippen LogP contribution in [0.1, 0.15) is 58.8 Å². The number of rotatable bonds is 5. The van der Waals surface area contributed by atoms with Gasteiger partial charge in [-0.15, -0.1) is 0 Å². The Balaban J connectivity index is 2.13. The summed E-state index contributed by atoms with van der Waals surface area (Å²) in [6, 6.07) is 13.0. The number of anilines is 1. The molecule has 0 saturated carbocycles. The Bertz CT molecular complexity index is 836. The molecule has 6 heteroatoms. The number of benzene rings is 2. The molecule has 0 heterocycles. The maximum atomic E-state index is 12.5. The van der Waals surface area contributed by atoms with Gasteiger partial charge in [-0.25, -0.2) is 4.79 Å². The fourth-order valence-corrected chi connectivity index (χ4v) is 2.36. The molecule has 0 aliphatic carbocycles. The average molecular weight is 368 g/mol. The van der Waals surface area contributed by atoms with E-state index in [1.165, 1.54) is 0 Å². The van der Waals surface area contributed by atoms with Crippen molar-refractivity contribution in [2.24, 2.45) is 0 Å². The molecule has 0 aliphatic rings. The molecule has 6 nitrogen and oxygen atoms in total. The van der Waals surface area contributed by atoms with Gasteiger partial charge in [-0.05, 0) is 64.1 Å². The number of carbonyl (C=O) groups excluding carboxylic acids is 3. The van der Waals surface area contributed by atoms with Gasteiger partial charge in [0.1, 0.15) is 0 Å². The lowest BCUT2D eigenvalue weighted by atomic mass is 10.1. The van der Waals surface area contributed by atoms with Crippen LogP contribution in [0.25, 0.3) is 0 Å². The second kappa shape index (κ2) is 8.49. The molecule has 2 N–H and O–H groups in total. The number of nitrogens with one attached hydrogen (secondary N) is 2. The van der Waals surface area contributed by atoms with Gasteiger partial charge in [0.2, 0.25) is 0 Å². The number of esters is 1. The quantitative estimate of drug-likeness (QED) is 0.789. The maximum Gasteiger partial charge on any atom is 0.340 e. The Morgan fingerprint density at radius 3 is 2.00 bits per heavy atom. The molecule has 0 saturated heterocycles. The van der Waals surface area contributed by atoms with Gasteiger partial charge >= 0.3 is 5.97 Å². The minimum atomic E-state index is -0.498. The summed E-state index contributed by atoms with van der Waals surface area (Å²) in [7, 11) is 0. The fourth-order valence-electron chi connectivity index (χ4n) is 2.36. The van der Waals surface area contributed by atoms with E-state index in [1.54, 1.807) is 55.5 Å². The first-order chi connectivity index (χ1) is 12.7. The van der Waals surface area contributed by atoms with Crippen molar-refractivity contribution in [3.63, 3.8) is 0 Å². The topological polar surface area (TPSA) is 84.5 Å². The molecule has 0 aliphatic heterocycles. The van der Waals surface area contributed by atoms with Gasteiger partial charge in [-0.1, -0.05) is 12.1 Å². The van der Waals surface area contributed by atoms with Crippen LogP contribution in [0.2, 0.25) is 0 Å². The molecule has 0 fully saturated rings. The van der Waals surface area contributed by atoms with E-state index in [-0.39, 0.29) is 29.5 Å². The Morgan fingerprint density at radius 2 is 1.44 bits per heavy atom. The average Bonchev–Trinajstić information content (AvgIpc) is 2.61. The zero-order valence-electron chi connectivity index (χ0n) is 16.0. The smallest absolute Gasteiger partial charge is 0.340 e. The third-order valence-corrected chi connectivity index (χ3v) is 3.57. The highest BCUT2D eigenvalue weighted by Gasteiger charge is 2.17. The third kappa shape index (κ3) is 5.67. The van der Waals surface area contributed by atoms with Gasteiger partial charge in [-0.2, -0.15) is 0 Å². The molecule has 0 spiro atoms. The second-order valence-electron chi connectivity index (χ2n) is 7.00. The van der Waals surface area contributed by atoms with E-state index in [2.05, 4.69) is 10.6 Å². The summed E-state index contributed by atoms with van der Waals surface area (Å²) in [5, 5.41) is 5.58. The molecule has 2 aromatic carbocycles. The first kappa shape index (κ1) is 20.2. The van der Waals surface area contributed by atoms with E-state index in [0.29, 0.717) is 16.8 Å². The van der Waals surface area contributed by atoms with E-state index < -0.39 is 5.97 Å². The highest BCUT2D eigenvalue weighted by molar-refractivity contribution is 6.08. The van der Waals surface area contributed by atoms with Gasteiger partial charge < -0.3 is 15.4 Å². The van der Waals surface area contributed by atoms with Crippen molar-refractivity contribution in [3.05, 3.63) is 65.2 Å². The molecule has 27 heavy (non-hydrogen) atoms. The van der Waals surface area contributed by atoms with Crippen LogP contribution in [0.3, 0.4) is 0 Å². The molecule has 142 valence electrons. The summed E-state index contributed by atoms with van der Waals surface area (Å²) in [5.41, 5.74) is 1.16. The number of para-hydroxylation sites is 1. The van der Waals surface area contributed by atoms with Crippen LogP contribution in [-0.2, 0) is 4.74 Å². The van der Waals surface area contributed by atoms with Crippen LogP contribution in [0, 0.1) is 0 Å². The van der Waals surface area contributed by atoms with E-state index in [1.807, 2.05) is 20.8 Å². The van der Waals surface area contributed by atoms with Crippen LogP contribution in [-0.4, -0.2) is 29.9 Å². The fraction of sp³-hybridized carbons (Fsp3) is 0.286. The van der Waals surface area contributed by atoms with Crippen LogP contribution in [0.15, 0.2) is 48.5 Å². The molecule has 2 rings (SSSR count). The van der Waals surface area contributed by atoms with Gasteiger partial charge in [0.25, 0.3) is 11.8 Å². The van der Waals surface area contributed by atoms with E-state index in [0.717, 1.165) is 0 Å². The molecule has 2 aromatic rings. The first-order valence-electron chi connectivity index (χ1n) is 8.71. The third-order valence-electron chi connectivity index (χ3n) is 3.57. The summed E-state index contributed by atoms with van der Waals surface area (Å²) in [4.78, 5) is 36.6. The number of ether oxygens (including phenoxy) is 1. The van der Waals surface area contributed by atoms with Crippen LogP contribution in [0.4, 0.5) is 5.69 Å². The standard InChI is InChI=1S/C21H24N2O4/c1-5-27-20(26)16-8-6-7-9-17(16)22-18(24)14-10-12-15(13-11-14)19(25)23-21(2,3)4/h6-13H,5H2,1-4H3,(H,22,24)(H,23,25). The minimum Gasteiger partial charge on any atom is -0.462 e. The minimum absolute atomic E-state index is 0.206. The molecule has 2 amide bonds. The summed E-state index contributed by atoms with van der Waals surface area (Å²) < 4.78 is 5.00. The van der Waals surface area contributed by atoms with Gasteiger partial charge in [0, 0.05) is 16.7 Å². The predicted octanol–water partition coefficient (Wildman–Crippen LogP) is 3.64. The van der Waals surface area contributed by atoms with Crippen molar-refractivity contribution in [3.8, 4) is 0 Å². The molecule has 0 atom stereocenters. The molecular formula is C21H24N2O4. The summed E-state index contributed by atoms with van der Waals surface area (Å²) in [6.07, 6.45) is 0. The predicted molar refractivity (Wildman–Crippen MR) is 104 cm³/mol. The first-order valence-corrected chi connectivity index (χ1v) is 8.71. The van der Waals surface area contributed by atoms with Crippen LogP contribution in [0.5, 0.6) is 0 Å². The van der Waals surface area contributed by atoms with E-state index in [4.69, 9.17) is 4.74 Å². The summed E-state index contributed by atoms with van der Waals surface area (Å²) >= 11 is 0. The van der Waals surface area contributed by atoms with Crippen molar-refractivity contribution in [1.29, 1.82) is 0 Å². The second-order valence-corrected chi connectivity index (χ2v) is 7.00. The summed E-state index contributed by atoms with van der Waals surface area (Å²) in [6.45, 7) is 7.66. The number of hydrogen-bond acceptors (Lipinski definition) is 4. The largest absolute Gasteiger partial charge is 0.462 e. The molecule has 0 unspecified atom stereocenters. The number of carbonyl (C=O) groups is 3. The lowest BCUT2D eigenvalue weighted by Gasteiger charge is -2.20. The lowest BCUT2D eigenvalue weighted by Crippen LogP contribution is -2.40. The molecular weight excluding hydrogens is 344 g/mol.